The molecule has 1 aromatic heterocycles. The van der Waals surface area contributed by atoms with Gasteiger partial charge >= 0.3 is 6.36 Å². The normalized spacial score (nSPS) is 11.5. The molecule has 3 aromatic rings. The number of hydrogen-bond acceptors (Lipinski definition) is 2. The topological polar surface area (TPSA) is 9.23 Å². The van der Waals surface area contributed by atoms with E-state index < -0.39 is 12.2 Å². The molecular weight excluding hydrogens is 328 g/mol. The number of rotatable bonds is 3. The highest BCUT2D eigenvalue weighted by atomic mass is 32.1. The van der Waals surface area contributed by atoms with Crippen LogP contribution in [0.5, 0.6) is 5.06 Å². The lowest BCUT2D eigenvalue weighted by Gasteiger charge is -2.06. The minimum atomic E-state index is -4.75. The molecule has 6 heteroatoms. The molecule has 0 atom stereocenters. The summed E-state index contributed by atoms with van der Waals surface area (Å²) in [6, 6.07) is 16.5. The van der Waals surface area contributed by atoms with E-state index in [-0.39, 0.29) is 10.6 Å². The van der Waals surface area contributed by atoms with Crippen LogP contribution in [0.2, 0.25) is 0 Å². The maximum absolute atomic E-state index is 14.3. The molecular formula is C17H10F4OS. The van der Waals surface area contributed by atoms with Crippen molar-refractivity contribution in [1.29, 1.82) is 0 Å². The number of benzene rings is 2. The maximum Gasteiger partial charge on any atom is 0.573 e. The van der Waals surface area contributed by atoms with Crippen LogP contribution in [0.3, 0.4) is 0 Å². The predicted octanol–water partition coefficient (Wildman–Crippen LogP) is 6.12. The van der Waals surface area contributed by atoms with Crippen LogP contribution in [0, 0.1) is 5.82 Å². The molecule has 0 unspecified atom stereocenters. The van der Waals surface area contributed by atoms with Crippen molar-refractivity contribution in [2.24, 2.45) is 0 Å². The summed E-state index contributed by atoms with van der Waals surface area (Å²) in [6.07, 6.45) is -4.75. The van der Waals surface area contributed by atoms with Crippen molar-refractivity contribution in [1.82, 2.24) is 0 Å². The van der Waals surface area contributed by atoms with E-state index in [1.54, 1.807) is 12.1 Å². The Morgan fingerprint density at radius 3 is 2.22 bits per heavy atom. The van der Waals surface area contributed by atoms with Crippen molar-refractivity contribution in [3.05, 3.63) is 66.5 Å². The van der Waals surface area contributed by atoms with Crippen molar-refractivity contribution >= 4 is 11.3 Å². The van der Waals surface area contributed by atoms with Gasteiger partial charge in [-0.2, -0.15) is 0 Å². The number of hydrogen-bond donors (Lipinski definition) is 0. The van der Waals surface area contributed by atoms with E-state index in [2.05, 4.69) is 4.74 Å². The fourth-order valence-electron chi connectivity index (χ4n) is 2.16. The van der Waals surface area contributed by atoms with Crippen LogP contribution in [0.1, 0.15) is 0 Å². The van der Waals surface area contributed by atoms with E-state index in [1.807, 2.05) is 30.3 Å². The van der Waals surface area contributed by atoms with Gasteiger partial charge in [0.05, 0.1) is 0 Å². The standard InChI is InChI=1S/C17H10F4OS/c18-14-10-12(11-4-2-1-3-5-11)6-7-13(14)15-8-9-16(23-15)22-17(19,20)21/h1-10H. The second kappa shape index (κ2) is 6.04. The highest BCUT2D eigenvalue weighted by Crippen LogP contribution is 2.37. The Labute approximate surface area is 133 Å². The lowest BCUT2D eigenvalue weighted by Crippen LogP contribution is -2.16. The molecule has 2 aromatic carbocycles. The van der Waals surface area contributed by atoms with E-state index in [4.69, 9.17) is 0 Å². The molecule has 23 heavy (non-hydrogen) atoms. The average Bonchev–Trinajstić information content (AvgIpc) is 2.94. The molecule has 0 aliphatic carbocycles. The number of ether oxygens (including phenoxy) is 1. The van der Waals surface area contributed by atoms with Crippen molar-refractivity contribution in [3.8, 4) is 26.6 Å². The van der Waals surface area contributed by atoms with Gasteiger partial charge in [0.15, 0.2) is 5.06 Å². The third-order valence-electron chi connectivity index (χ3n) is 3.14. The Kier molecular flexibility index (Phi) is 4.09. The molecule has 0 radical (unpaired) electrons. The third kappa shape index (κ3) is 3.71. The lowest BCUT2D eigenvalue weighted by atomic mass is 10.0. The van der Waals surface area contributed by atoms with Crippen LogP contribution < -0.4 is 4.74 Å². The molecule has 0 saturated heterocycles. The van der Waals surface area contributed by atoms with Gasteiger partial charge in [0, 0.05) is 10.4 Å². The van der Waals surface area contributed by atoms with Crippen molar-refractivity contribution in [2.45, 2.75) is 6.36 Å². The van der Waals surface area contributed by atoms with Crippen molar-refractivity contribution in [3.63, 3.8) is 0 Å². The first-order valence-corrected chi connectivity index (χ1v) is 7.45. The van der Waals surface area contributed by atoms with E-state index in [0.29, 0.717) is 10.4 Å². The summed E-state index contributed by atoms with van der Waals surface area (Å²) in [5.74, 6) is -0.494. The summed E-state index contributed by atoms with van der Waals surface area (Å²) in [5, 5.41) is -0.320. The fourth-order valence-corrected chi connectivity index (χ4v) is 3.06. The molecule has 0 amide bonds. The van der Waals surface area contributed by atoms with Gasteiger partial charge in [-0.25, -0.2) is 4.39 Å². The van der Waals surface area contributed by atoms with Gasteiger partial charge in [-0.1, -0.05) is 47.7 Å². The monoisotopic (exact) mass is 338 g/mol. The summed E-state index contributed by atoms with van der Waals surface area (Å²) < 4.78 is 54.7. The average molecular weight is 338 g/mol. The van der Waals surface area contributed by atoms with Gasteiger partial charge in [0.1, 0.15) is 5.82 Å². The van der Waals surface area contributed by atoms with Crippen LogP contribution >= 0.6 is 11.3 Å². The van der Waals surface area contributed by atoms with Crippen molar-refractivity contribution in [2.75, 3.05) is 0 Å². The SMILES string of the molecule is Fc1cc(-c2ccccc2)ccc1-c1ccc(OC(F)(F)F)s1. The number of halogens is 4. The summed E-state index contributed by atoms with van der Waals surface area (Å²) in [6.45, 7) is 0. The quantitative estimate of drug-likeness (QED) is 0.523. The van der Waals surface area contributed by atoms with Gasteiger partial charge in [-0.15, -0.1) is 13.2 Å². The van der Waals surface area contributed by atoms with Crippen LogP contribution in [0.15, 0.2) is 60.7 Å². The van der Waals surface area contributed by atoms with Crippen LogP contribution in [-0.2, 0) is 0 Å². The number of thiophene rings is 1. The van der Waals surface area contributed by atoms with E-state index in [1.165, 1.54) is 18.2 Å². The first-order chi connectivity index (χ1) is 10.9. The van der Waals surface area contributed by atoms with Gasteiger partial charge in [0.25, 0.3) is 0 Å². The molecule has 0 spiro atoms. The molecule has 0 saturated carbocycles. The van der Waals surface area contributed by atoms with Crippen LogP contribution in [0.4, 0.5) is 17.6 Å². The second-order valence-electron chi connectivity index (χ2n) is 4.73. The summed E-state index contributed by atoms with van der Waals surface area (Å²) in [5.41, 5.74) is 1.81. The Morgan fingerprint density at radius 2 is 1.57 bits per heavy atom. The third-order valence-corrected chi connectivity index (χ3v) is 4.14. The molecule has 0 bridgehead atoms. The zero-order valence-corrected chi connectivity index (χ0v) is 12.4. The molecule has 0 fully saturated rings. The predicted molar refractivity (Wildman–Crippen MR) is 81.8 cm³/mol. The molecule has 0 aliphatic rings. The van der Waals surface area contributed by atoms with Gasteiger partial charge in [-0.05, 0) is 35.4 Å². The Morgan fingerprint density at radius 1 is 0.826 bits per heavy atom. The maximum atomic E-state index is 14.3. The molecule has 118 valence electrons. The van der Waals surface area contributed by atoms with E-state index >= 15 is 0 Å². The first kappa shape index (κ1) is 15.6. The highest BCUT2D eigenvalue weighted by Gasteiger charge is 2.31. The molecule has 3 rings (SSSR count). The fraction of sp³-hybridized carbons (Fsp3) is 0.0588. The van der Waals surface area contributed by atoms with Gasteiger partial charge < -0.3 is 4.74 Å². The van der Waals surface area contributed by atoms with Gasteiger partial charge in [0.2, 0.25) is 0 Å². The van der Waals surface area contributed by atoms with E-state index in [0.717, 1.165) is 16.9 Å². The zero-order chi connectivity index (χ0) is 16.4. The molecule has 1 heterocycles. The molecule has 0 N–H and O–H groups in total. The van der Waals surface area contributed by atoms with Crippen LogP contribution in [-0.4, -0.2) is 6.36 Å². The Balaban J connectivity index is 1.90. The summed E-state index contributed by atoms with van der Waals surface area (Å²) in [7, 11) is 0. The molecule has 1 nitrogen and oxygen atoms in total. The minimum absolute atomic E-state index is 0.242. The summed E-state index contributed by atoms with van der Waals surface area (Å²) in [4.78, 5) is 0.376. The van der Waals surface area contributed by atoms with Gasteiger partial charge in [-0.3, -0.25) is 0 Å². The lowest BCUT2D eigenvalue weighted by molar-refractivity contribution is -0.273. The second-order valence-corrected chi connectivity index (χ2v) is 5.77. The summed E-state index contributed by atoms with van der Waals surface area (Å²) >= 11 is 0.746. The first-order valence-electron chi connectivity index (χ1n) is 6.63. The zero-order valence-electron chi connectivity index (χ0n) is 11.6. The Bertz CT molecular complexity index is 809. The smallest absolute Gasteiger partial charge is 0.396 e. The number of alkyl halides is 3. The Hall–Kier alpha value is -2.34. The molecule has 0 aliphatic heterocycles. The largest absolute Gasteiger partial charge is 0.573 e. The van der Waals surface area contributed by atoms with E-state index in [9.17, 15) is 17.6 Å². The highest BCUT2D eigenvalue weighted by molar-refractivity contribution is 7.17. The minimum Gasteiger partial charge on any atom is -0.396 e. The van der Waals surface area contributed by atoms with Crippen molar-refractivity contribution < 1.29 is 22.3 Å². The van der Waals surface area contributed by atoms with Crippen LogP contribution in [0.25, 0.3) is 21.6 Å².